The molecule has 0 aliphatic rings. The van der Waals surface area contributed by atoms with Crippen LogP contribution >= 0.6 is 0 Å². The molecule has 0 aliphatic heterocycles. The fourth-order valence-corrected chi connectivity index (χ4v) is 1.93. The van der Waals surface area contributed by atoms with Crippen LogP contribution in [0, 0.1) is 10.8 Å². The van der Waals surface area contributed by atoms with E-state index in [2.05, 4.69) is 6.08 Å². The Balaban J connectivity index is 1.98. The van der Waals surface area contributed by atoms with Gasteiger partial charge in [0.1, 0.15) is 11.7 Å². The molecule has 0 amide bonds. The van der Waals surface area contributed by atoms with Crippen LogP contribution in [0.15, 0.2) is 54.6 Å². The molecule has 21 heavy (non-hydrogen) atoms. The maximum absolute atomic E-state index is 7.34. The van der Waals surface area contributed by atoms with Crippen LogP contribution in [-0.2, 0) is 6.42 Å². The Kier molecular flexibility index (Phi) is 4.51. The van der Waals surface area contributed by atoms with Gasteiger partial charge in [0.2, 0.25) is 0 Å². The van der Waals surface area contributed by atoms with Crippen molar-refractivity contribution in [1.82, 2.24) is 0 Å². The highest BCUT2D eigenvalue weighted by atomic mass is 14.7. The first kappa shape index (κ1) is 14.5. The molecular formula is C17H18N4. The zero-order valence-corrected chi connectivity index (χ0v) is 11.6. The van der Waals surface area contributed by atoms with E-state index in [9.17, 15) is 0 Å². The van der Waals surface area contributed by atoms with Crippen LogP contribution < -0.4 is 11.5 Å². The lowest BCUT2D eigenvalue weighted by atomic mass is 10.1. The first-order valence-corrected chi connectivity index (χ1v) is 6.60. The van der Waals surface area contributed by atoms with Crippen LogP contribution in [0.25, 0.3) is 6.08 Å². The average molecular weight is 278 g/mol. The summed E-state index contributed by atoms with van der Waals surface area (Å²) in [5, 5.41) is 14.7. The Labute approximate surface area is 124 Å². The fraction of sp³-hybridized carbons (Fsp3) is 0.0588. The highest BCUT2D eigenvalue weighted by Gasteiger charge is 1.96. The van der Waals surface area contributed by atoms with E-state index in [1.807, 2.05) is 54.6 Å². The molecule has 0 aromatic heterocycles. The topological polar surface area (TPSA) is 99.7 Å². The van der Waals surface area contributed by atoms with Crippen molar-refractivity contribution in [3.05, 3.63) is 76.9 Å². The van der Waals surface area contributed by atoms with E-state index in [1.165, 1.54) is 0 Å². The van der Waals surface area contributed by atoms with Crippen molar-refractivity contribution in [2.45, 2.75) is 6.42 Å². The van der Waals surface area contributed by atoms with E-state index in [-0.39, 0.29) is 11.7 Å². The van der Waals surface area contributed by atoms with E-state index in [1.54, 1.807) is 0 Å². The van der Waals surface area contributed by atoms with Crippen LogP contribution in [0.4, 0.5) is 0 Å². The van der Waals surface area contributed by atoms with Crippen molar-refractivity contribution >= 4 is 17.7 Å². The maximum Gasteiger partial charge on any atom is 0.122 e. The number of nitrogens with two attached hydrogens (primary N) is 2. The quantitative estimate of drug-likeness (QED) is 0.499. The molecule has 0 unspecified atom stereocenters. The SMILES string of the molecule is N=C(N)c1ccc(C=CCc2ccc(C(=N)N)cc2)cc1. The average Bonchev–Trinajstić information content (AvgIpc) is 2.48. The third kappa shape index (κ3) is 4.04. The van der Waals surface area contributed by atoms with Crippen molar-refractivity contribution in [3.8, 4) is 0 Å². The van der Waals surface area contributed by atoms with Crippen LogP contribution in [0.1, 0.15) is 22.3 Å². The smallest absolute Gasteiger partial charge is 0.122 e. The minimum Gasteiger partial charge on any atom is -0.384 e. The van der Waals surface area contributed by atoms with Crippen LogP contribution in [0.2, 0.25) is 0 Å². The normalized spacial score (nSPS) is 10.7. The molecule has 0 fully saturated rings. The minimum absolute atomic E-state index is 0.0797. The zero-order chi connectivity index (χ0) is 15.2. The highest BCUT2D eigenvalue weighted by Crippen LogP contribution is 2.09. The van der Waals surface area contributed by atoms with Gasteiger partial charge in [0.15, 0.2) is 0 Å². The summed E-state index contributed by atoms with van der Waals surface area (Å²) in [6.07, 6.45) is 4.92. The molecule has 0 spiro atoms. The maximum atomic E-state index is 7.34. The largest absolute Gasteiger partial charge is 0.384 e. The molecule has 0 aliphatic carbocycles. The fourth-order valence-electron chi connectivity index (χ4n) is 1.93. The first-order chi connectivity index (χ1) is 10.1. The Morgan fingerprint density at radius 1 is 0.810 bits per heavy atom. The third-order valence-electron chi connectivity index (χ3n) is 3.15. The minimum atomic E-state index is 0.0797. The summed E-state index contributed by atoms with van der Waals surface area (Å²) >= 11 is 0. The highest BCUT2D eigenvalue weighted by molar-refractivity contribution is 5.95. The summed E-state index contributed by atoms with van der Waals surface area (Å²) in [6.45, 7) is 0. The lowest BCUT2D eigenvalue weighted by molar-refractivity contribution is 1.27. The Morgan fingerprint density at radius 2 is 1.29 bits per heavy atom. The Bertz CT molecular complexity index is 667. The predicted octanol–water partition coefficient (Wildman–Crippen LogP) is 2.51. The number of hydrogen-bond donors (Lipinski definition) is 4. The standard InChI is InChI=1S/C17H18N4/c18-16(19)14-8-4-12(5-9-14)2-1-3-13-6-10-15(11-7-13)17(20)21/h1-2,4-11H,3H2,(H3,18,19)(H3,20,21). The van der Waals surface area contributed by atoms with E-state index in [0.29, 0.717) is 0 Å². The van der Waals surface area contributed by atoms with Gasteiger partial charge in [0, 0.05) is 11.1 Å². The molecule has 106 valence electrons. The van der Waals surface area contributed by atoms with Crippen LogP contribution in [0.3, 0.4) is 0 Å². The van der Waals surface area contributed by atoms with E-state index in [4.69, 9.17) is 22.3 Å². The van der Waals surface area contributed by atoms with Crippen molar-refractivity contribution in [3.63, 3.8) is 0 Å². The van der Waals surface area contributed by atoms with Gasteiger partial charge in [-0.1, -0.05) is 60.7 Å². The number of allylic oxidation sites excluding steroid dienone is 1. The molecule has 0 heterocycles. The molecule has 6 N–H and O–H groups in total. The van der Waals surface area contributed by atoms with E-state index in [0.717, 1.165) is 28.7 Å². The second kappa shape index (κ2) is 6.52. The summed E-state index contributed by atoms with van der Waals surface area (Å²) < 4.78 is 0. The van der Waals surface area contributed by atoms with Gasteiger partial charge in [0.05, 0.1) is 0 Å². The molecule has 0 atom stereocenters. The van der Waals surface area contributed by atoms with Gasteiger partial charge in [-0.25, -0.2) is 0 Å². The molecule has 0 saturated carbocycles. The number of amidine groups is 2. The van der Waals surface area contributed by atoms with Crippen LogP contribution in [-0.4, -0.2) is 11.7 Å². The Morgan fingerprint density at radius 3 is 1.76 bits per heavy atom. The number of nitrogens with one attached hydrogen (secondary N) is 2. The van der Waals surface area contributed by atoms with Gasteiger partial charge in [-0.05, 0) is 17.5 Å². The first-order valence-electron chi connectivity index (χ1n) is 6.60. The second-order valence-electron chi connectivity index (χ2n) is 4.75. The number of benzene rings is 2. The zero-order valence-electron chi connectivity index (χ0n) is 11.6. The molecule has 0 bridgehead atoms. The molecule has 4 heteroatoms. The van der Waals surface area contributed by atoms with E-state index >= 15 is 0 Å². The Hall–Kier alpha value is -2.88. The third-order valence-corrected chi connectivity index (χ3v) is 3.15. The van der Waals surface area contributed by atoms with Gasteiger partial charge >= 0.3 is 0 Å². The van der Waals surface area contributed by atoms with Crippen molar-refractivity contribution < 1.29 is 0 Å². The van der Waals surface area contributed by atoms with Crippen molar-refractivity contribution in [1.29, 1.82) is 10.8 Å². The monoisotopic (exact) mass is 278 g/mol. The lowest BCUT2D eigenvalue weighted by Gasteiger charge is -2.01. The lowest BCUT2D eigenvalue weighted by Crippen LogP contribution is -2.10. The second-order valence-corrected chi connectivity index (χ2v) is 4.75. The van der Waals surface area contributed by atoms with E-state index < -0.39 is 0 Å². The summed E-state index contributed by atoms with van der Waals surface area (Å²) in [4.78, 5) is 0. The number of rotatable bonds is 5. The molecular weight excluding hydrogens is 260 g/mol. The molecule has 0 radical (unpaired) electrons. The van der Waals surface area contributed by atoms with Crippen molar-refractivity contribution in [2.75, 3.05) is 0 Å². The summed E-state index contributed by atoms with van der Waals surface area (Å²) in [5.74, 6) is 0.166. The van der Waals surface area contributed by atoms with Gasteiger partial charge < -0.3 is 11.5 Å². The molecule has 2 rings (SSSR count). The predicted molar refractivity (Wildman–Crippen MR) is 87.7 cm³/mol. The van der Waals surface area contributed by atoms with Crippen molar-refractivity contribution in [2.24, 2.45) is 11.5 Å². The molecule has 2 aromatic rings. The van der Waals surface area contributed by atoms with Gasteiger partial charge in [0.25, 0.3) is 0 Å². The number of nitrogen functional groups attached to an aromatic ring is 2. The summed E-state index contributed by atoms with van der Waals surface area (Å²) in [6, 6.07) is 15.2. The number of hydrogen-bond acceptors (Lipinski definition) is 2. The van der Waals surface area contributed by atoms with Gasteiger partial charge in [-0.2, -0.15) is 0 Å². The van der Waals surface area contributed by atoms with Crippen LogP contribution in [0.5, 0.6) is 0 Å². The molecule has 2 aromatic carbocycles. The van der Waals surface area contributed by atoms with Gasteiger partial charge in [-0.3, -0.25) is 10.8 Å². The summed E-state index contributed by atoms with van der Waals surface area (Å²) in [7, 11) is 0. The molecule has 0 saturated heterocycles. The summed E-state index contributed by atoms with van der Waals surface area (Å²) in [5.41, 5.74) is 14.5. The molecule has 4 nitrogen and oxygen atoms in total. The van der Waals surface area contributed by atoms with Gasteiger partial charge in [-0.15, -0.1) is 0 Å².